The molecule has 1 heteroatoms. The van der Waals surface area contributed by atoms with Gasteiger partial charge in [-0.25, -0.2) is 0 Å². The highest BCUT2D eigenvalue weighted by molar-refractivity contribution is 5.33. The van der Waals surface area contributed by atoms with Gasteiger partial charge in [0.2, 0.25) is 0 Å². The van der Waals surface area contributed by atoms with Crippen LogP contribution in [0.2, 0.25) is 0 Å². The molecule has 1 heterocycles. The Hall–Kier alpha value is -0.820. The molecule has 0 amide bonds. The summed E-state index contributed by atoms with van der Waals surface area (Å²) in [5, 5.41) is 3.41. The van der Waals surface area contributed by atoms with Crippen molar-refractivity contribution in [3.8, 4) is 0 Å². The number of benzene rings is 1. The Kier molecular flexibility index (Phi) is 3.79. The van der Waals surface area contributed by atoms with Gasteiger partial charge in [0.25, 0.3) is 0 Å². The Morgan fingerprint density at radius 2 is 2.13 bits per heavy atom. The van der Waals surface area contributed by atoms with Gasteiger partial charge < -0.3 is 5.32 Å². The molecule has 15 heavy (non-hydrogen) atoms. The first-order valence-corrected chi connectivity index (χ1v) is 6.21. The predicted molar refractivity (Wildman–Crippen MR) is 65.1 cm³/mol. The highest BCUT2D eigenvalue weighted by atomic mass is 14.9. The predicted octanol–water partition coefficient (Wildman–Crippen LogP) is 3.07. The number of fused-ring (bicyclic) bond motifs is 1. The van der Waals surface area contributed by atoms with Crippen LogP contribution in [0.15, 0.2) is 18.2 Å². The van der Waals surface area contributed by atoms with E-state index < -0.39 is 0 Å². The molecular formula is C14H21N. The summed E-state index contributed by atoms with van der Waals surface area (Å²) >= 11 is 0. The fourth-order valence-electron chi connectivity index (χ4n) is 2.27. The highest BCUT2D eigenvalue weighted by Crippen LogP contribution is 2.17. The average molecular weight is 203 g/mol. The second-order valence-corrected chi connectivity index (χ2v) is 4.49. The molecule has 0 aromatic heterocycles. The van der Waals surface area contributed by atoms with E-state index in [2.05, 4.69) is 30.4 Å². The second-order valence-electron chi connectivity index (χ2n) is 4.49. The fourth-order valence-corrected chi connectivity index (χ4v) is 2.27. The molecule has 1 aliphatic heterocycles. The van der Waals surface area contributed by atoms with Gasteiger partial charge in [-0.1, -0.05) is 38.0 Å². The topological polar surface area (TPSA) is 12.0 Å². The van der Waals surface area contributed by atoms with Crippen molar-refractivity contribution < 1.29 is 0 Å². The normalized spacial score (nSPS) is 15.0. The van der Waals surface area contributed by atoms with Crippen molar-refractivity contribution in [1.82, 2.24) is 5.32 Å². The van der Waals surface area contributed by atoms with Crippen molar-refractivity contribution >= 4 is 0 Å². The van der Waals surface area contributed by atoms with Crippen LogP contribution in [-0.2, 0) is 19.4 Å². The molecule has 0 radical (unpaired) electrons. The van der Waals surface area contributed by atoms with Gasteiger partial charge in [-0.05, 0) is 42.5 Å². The van der Waals surface area contributed by atoms with E-state index in [1.807, 2.05) is 0 Å². The summed E-state index contributed by atoms with van der Waals surface area (Å²) in [6.07, 6.45) is 6.48. The maximum absolute atomic E-state index is 3.41. The Morgan fingerprint density at radius 3 is 3.00 bits per heavy atom. The maximum Gasteiger partial charge on any atom is 0.0208 e. The summed E-state index contributed by atoms with van der Waals surface area (Å²) in [5.74, 6) is 0. The Morgan fingerprint density at radius 1 is 1.20 bits per heavy atom. The lowest BCUT2D eigenvalue weighted by Gasteiger charge is -2.17. The first kappa shape index (κ1) is 10.7. The first-order valence-electron chi connectivity index (χ1n) is 6.21. The summed E-state index contributed by atoms with van der Waals surface area (Å²) in [6, 6.07) is 7.04. The van der Waals surface area contributed by atoms with E-state index in [0.29, 0.717) is 0 Å². The lowest BCUT2D eigenvalue weighted by atomic mass is 9.96. The van der Waals surface area contributed by atoms with E-state index in [1.54, 1.807) is 5.56 Å². The van der Waals surface area contributed by atoms with Crippen LogP contribution in [0.1, 0.15) is 42.9 Å². The number of rotatable bonds is 4. The van der Waals surface area contributed by atoms with E-state index in [9.17, 15) is 0 Å². The van der Waals surface area contributed by atoms with Crippen LogP contribution in [0, 0.1) is 0 Å². The molecule has 0 unspecified atom stereocenters. The lowest BCUT2D eigenvalue weighted by Crippen LogP contribution is -2.23. The van der Waals surface area contributed by atoms with Crippen molar-refractivity contribution in [1.29, 1.82) is 0 Å². The Balaban J connectivity index is 2.00. The van der Waals surface area contributed by atoms with Crippen molar-refractivity contribution in [2.24, 2.45) is 0 Å². The zero-order valence-electron chi connectivity index (χ0n) is 9.68. The van der Waals surface area contributed by atoms with Gasteiger partial charge in [0, 0.05) is 6.54 Å². The minimum Gasteiger partial charge on any atom is -0.312 e. The van der Waals surface area contributed by atoms with Crippen molar-refractivity contribution in [2.75, 3.05) is 6.54 Å². The van der Waals surface area contributed by atoms with Gasteiger partial charge in [-0.3, -0.25) is 0 Å². The van der Waals surface area contributed by atoms with Crippen LogP contribution in [0.25, 0.3) is 0 Å². The Labute approximate surface area is 92.9 Å². The van der Waals surface area contributed by atoms with Gasteiger partial charge in [0.05, 0.1) is 0 Å². The van der Waals surface area contributed by atoms with Crippen molar-refractivity contribution in [2.45, 2.75) is 45.6 Å². The molecule has 1 N–H and O–H groups in total. The number of hydrogen-bond donors (Lipinski definition) is 1. The number of aryl methyl sites for hydroxylation is 1. The molecule has 0 spiro atoms. The molecule has 0 saturated carbocycles. The summed E-state index contributed by atoms with van der Waals surface area (Å²) in [5.41, 5.74) is 4.60. The molecule has 0 fully saturated rings. The monoisotopic (exact) mass is 203 g/mol. The van der Waals surface area contributed by atoms with Gasteiger partial charge in [-0.15, -0.1) is 0 Å². The van der Waals surface area contributed by atoms with Crippen LogP contribution >= 0.6 is 0 Å². The molecule has 0 bridgehead atoms. The third-order valence-corrected chi connectivity index (χ3v) is 3.23. The number of unbranched alkanes of at least 4 members (excludes halogenated alkanes) is 2. The molecule has 82 valence electrons. The quantitative estimate of drug-likeness (QED) is 0.742. The van der Waals surface area contributed by atoms with Crippen molar-refractivity contribution in [3.05, 3.63) is 34.9 Å². The molecule has 2 rings (SSSR count). The van der Waals surface area contributed by atoms with Crippen molar-refractivity contribution in [3.63, 3.8) is 0 Å². The third-order valence-electron chi connectivity index (χ3n) is 3.23. The zero-order chi connectivity index (χ0) is 10.5. The van der Waals surface area contributed by atoms with Crippen LogP contribution in [0.4, 0.5) is 0 Å². The van der Waals surface area contributed by atoms with E-state index in [1.165, 1.54) is 43.2 Å². The van der Waals surface area contributed by atoms with E-state index in [0.717, 1.165) is 13.1 Å². The summed E-state index contributed by atoms with van der Waals surface area (Å²) in [6.45, 7) is 4.47. The third kappa shape index (κ3) is 2.82. The molecule has 1 aromatic carbocycles. The zero-order valence-corrected chi connectivity index (χ0v) is 9.68. The molecule has 1 nitrogen and oxygen atoms in total. The van der Waals surface area contributed by atoms with Crippen LogP contribution in [0.3, 0.4) is 0 Å². The van der Waals surface area contributed by atoms with Gasteiger partial charge in [0.15, 0.2) is 0 Å². The van der Waals surface area contributed by atoms with Gasteiger partial charge in [0.1, 0.15) is 0 Å². The molecular weight excluding hydrogens is 182 g/mol. The standard InChI is InChI=1S/C14H21N/c1-2-3-4-5-12-6-7-14-11-15-9-8-13(14)10-12/h6-7,10,15H,2-5,8-9,11H2,1H3. The SMILES string of the molecule is CCCCCc1ccc2c(c1)CCNC2. The molecule has 0 saturated heterocycles. The van der Waals surface area contributed by atoms with Crippen LogP contribution < -0.4 is 5.32 Å². The number of hydrogen-bond acceptors (Lipinski definition) is 1. The van der Waals surface area contributed by atoms with Gasteiger partial charge in [-0.2, -0.15) is 0 Å². The van der Waals surface area contributed by atoms with E-state index in [4.69, 9.17) is 0 Å². The van der Waals surface area contributed by atoms with E-state index >= 15 is 0 Å². The largest absolute Gasteiger partial charge is 0.312 e. The summed E-state index contributed by atoms with van der Waals surface area (Å²) in [4.78, 5) is 0. The van der Waals surface area contributed by atoms with Crippen LogP contribution in [-0.4, -0.2) is 6.54 Å². The fraction of sp³-hybridized carbons (Fsp3) is 0.571. The maximum atomic E-state index is 3.41. The summed E-state index contributed by atoms with van der Waals surface area (Å²) in [7, 11) is 0. The molecule has 1 aliphatic rings. The number of nitrogens with one attached hydrogen (secondary N) is 1. The first-order chi connectivity index (χ1) is 7.40. The molecule has 1 aromatic rings. The van der Waals surface area contributed by atoms with E-state index in [-0.39, 0.29) is 0 Å². The van der Waals surface area contributed by atoms with Gasteiger partial charge >= 0.3 is 0 Å². The molecule has 0 aliphatic carbocycles. The lowest BCUT2D eigenvalue weighted by molar-refractivity contribution is 0.641. The smallest absolute Gasteiger partial charge is 0.0208 e. The molecule has 0 atom stereocenters. The summed E-state index contributed by atoms with van der Waals surface area (Å²) < 4.78 is 0. The Bertz CT molecular complexity index is 317. The van der Waals surface area contributed by atoms with Crippen LogP contribution in [0.5, 0.6) is 0 Å². The highest BCUT2D eigenvalue weighted by Gasteiger charge is 2.08. The minimum atomic E-state index is 1.06. The average Bonchev–Trinajstić information content (AvgIpc) is 2.29. The second kappa shape index (κ2) is 5.32. The minimum absolute atomic E-state index is 1.06.